The Morgan fingerprint density at radius 2 is 2.29 bits per heavy atom. The Bertz CT molecular complexity index is 616. The van der Waals surface area contributed by atoms with Crippen LogP contribution in [0.3, 0.4) is 0 Å². The van der Waals surface area contributed by atoms with Crippen LogP contribution >= 0.6 is 0 Å². The molecule has 0 saturated carbocycles. The number of rotatable bonds is 4. The van der Waals surface area contributed by atoms with Crippen LogP contribution in [0.1, 0.15) is 26.2 Å². The van der Waals surface area contributed by atoms with Crippen molar-refractivity contribution in [1.29, 1.82) is 0 Å². The summed E-state index contributed by atoms with van der Waals surface area (Å²) in [6.45, 7) is 3.35. The summed E-state index contributed by atoms with van der Waals surface area (Å²) in [6, 6.07) is 0. The van der Waals surface area contributed by atoms with Gasteiger partial charge in [-0.1, -0.05) is 13.3 Å². The van der Waals surface area contributed by atoms with E-state index in [1.165, 1.54) is 6.33 Å². The first-order valence-electron chi connectivity index (χ1n) is 7.38. The van der Waals surface area contributed by atoms with Gasteiger partial charge in [-0.15, -0.1) is 0 Å². The number of nitrogens with one attached hydrogen (secondary N) is 1. The summed E-state index contributed by atoms with van der Waals surface area (Å²) in [5, 5.41) is 20.2. The minimum absolute atomic E-state index is 0.0181. The molecule has 0 unspecified atom stereocenters. The van der Waals surface area contributed by atoms with E-state index in [1.54, 1.807) is 6.33 Å². The van der Waals surface area contributed by atoms with Gasteiger partial charge >= 0.3 is 0 Å². The first-order valence-corrected chi connectivity index (χ1v) is 7.38. The predicted octanol–water partition coefficient (Wildman–Crippen LogP) is 0.703. The SMILES string of the molecule is CCC[C@@]1(CO)CN(c2ncnc3nc[nH]c23)CC[C@@H]1O. The predicted molar refractivity (Wildman–Crippen MR) is 78.9 cm³/mol. The van der Waals surface area contributed by atoms with Crippen molar-refractivity contribution in [2.24, 2.45) is 5.41 Å². The second kappa shape index (κ2) is 5.57. The molecule has 0 aliphatic carbocycles. The summed E-state index contributed by atoms with van der Waals surface area (Å²) in [5.74, 6) is 0.790. The highest BCUT2D eigenvalue weighted by Crippen LogP contribution is 2.37. The van der Waals surface area contributed by atoms with Crippen molar-refractivity contribution < 1.29 is 10.2 Å². The van der Waals surface area contributed by atoms with Crippen LogP contribution < -0.4 is 4.90 Å². The van der Waals surface area contributed by atoms with Crippen LogP contribution in [0, 0.1) is 5.41 Å². The van der Waals surface area contributed by atoms with E-state index in [9.17, 15) is 10.2 Å². The fraction of sp³-hybridized carbons (Fsp3) is 0.643. The van der Waals surface area contributed by atoms with Crippen molar-refractivity contribution in [2.75, 3.05) is 24.6 Å². The van der Waals surface area contributed by atoms with Gasteiger partial charge in [-0.3, -0.25) is 0 Å². The van der Waals surface area contributed by atoms with Crippen LogP contribution in [0.25, 0.3) is 11.2 Å². The largest absolute Gasteiger partial charge is 0.396 e. The van der Waals surface area contributed by atoms with Gasteiger partial charge in [0.1, 0.15) is 11.8 Å². The molecular weight excluding hydrogens is 270 g/mol. The van der Waals surface area contributed by atoms with E-state index in [2.05, 4.69) is 31.8 Å². The molecule has 3 rings (SSSR count). The van der Waals surface area contributed by atoms with E-state index in [4.69, 9.17) is 0 Å². The van der Waals surface area contributed by atoms with Gasteiger partial charge in [-0.25, -0.2) is 15.0 Å². The number of aromatic amines is 1. The summed E-state index contributed by atoms with van der Waals surface area (Å²) < 4.78 is 0. The van der Waals surface area contributed by atoms with Crippen molar-refractivity contribution in [2.45, 2.75) is 32.3 Å². The molecule has 114 valence electrons. The lowest BCUT2D eigenvalue weighted by molar-refractivity contribution is -0.0352. The van der Waals surface area contributed by atoms with Crippen LogP contribution in [-0.2, 0) is 0 Å². The summed E-state index contributed by atoms with van der Waals surface area (Å²) >= 11 is 0. The van der Waals surface area contributed by atoms with Crippen LogP contribution in [0.15, 0.2) is 12.7 Å². The van der Waals surface area contributed by atoms with Crippen molar-refractivity contribution in [3.8, 4) is 0 Å². The molecule has 1 aliphatic heterocycles. The standard InChI is InChI=1S/C14H21N5O2/c1-2-4-14(7-20)6-19(5-3-10(14)21)13-11-12(16-8-15-11)17-9-18-13/h8-10,20-21H,2-7H2,1H3,(H,15,16,17,18)/t10-,14-/m0/s1. The molecule has 0 amide bonds. The number of aliphatic hydroxyl groups excluding tert-OH is 2. The molecule has 21 heavy (non-hydrogen) atoms. The number of H-pyrrole nitrogens is 1. The molecule has 2 aromatic rings. The van der Waals surface area contributed by atoms with Gasteiger partial charge in [0, 0.05) is 18.5 Å². The summed E-state index contributed by atoms with van der Waals surface area (Å²) in [5.41, 5.74) is 0.957. The Morgan fingerprint density at radius 3 is 3.05 bits per heavy atom. The van der Waals surface area contributed by atoms with Gasteiger partial charge in [0.15, 0.2) is 11.5 Å². The van der Waals surface area contributed by atoms with Crippen LogP contribution in [0.2, 0.25) is 0 Å². The molecule has 7 heteroatoms. The minimum atomic E-state index is -0.482. The van der Waals surface area contributed by atoms with Gasteiger partial charge in [0.05, 0.1) is 19.0 Å². The van der Waals surface area contributed by atoms with Crippen molar-refractivity contribution in [1.82, 2.24) is 19.9 Å². The minimum Gasteiger partial charge on any atom is -0.396 e. The summed E-state index contributed by atoms with van der Waals surface area (Å²) in [7, 11) is 0. The Balaban J connectivity index is 1.94. The maximum atomic E-state index is 10.3. The molecule has 1 aliphatic rings. The van der Waals surface area contributed by atoms with Crippen molar-refractivity contribution in [3.63, 3.8) is 0 Å². The lowest BCUT2D eigenvalue weighted by Gasteiger charge is -2.45. The fourth-order valence-corrected chi connectivity index (χ4v) is 3.30. The van der Waals surface area contributed by atoms with Gasteiger partial charge < -0.3 is 20.1 Å². The van der Waals surface area contributed by atoms with Gasteiger partial charge in [-0.05, 0) is 12.8 Å². The Labute approximate surface area is 123 Å². The first-order chi connectivity index (χ1) is 10.2. The number of imidazole rings is 1. The average molecular weight is 291 g/mol. The van der Waals surface area contributed by atoms with Crippen molar-refractivity contribution in [3.05, 3.63) is 12.7 Å². The lowest BCUT2D eigenvalue weighted by atomic mass is 9.74. The third-order valence-electron chi connectivity index (χ3n) is 4.45. The number of anilines is 1. The zero-order chi connectivity index (χ0) is 14.9. The van der Waals surface area contributed by atoms with E-state index in [0.717, 1.165) is 24.2 Å². The quantitative estimate of drug-likeness (QED) is 0.767. The summed E-state index contributed by atoms with van der Waals surface area (Å²) in [4.78, 5) is 17.8. The summed E-state index contributed by atoms with van der Waals surface area (Å²) in [6.07, 6.45) is 4.97. The molecule has 3 N–H and O–H groups in total. The fourth-order valence-electron chi connectivity index (χ4n) is 3.30. The number of aliphatic hydroxyl groups is 2. The number of hydrogen-bond donors (Lipinski definition) is 3. The topological polar surface area (TPSA) is 98.2 Å². The van der Waals surface area contributed by atoms with Crippen LogP contribution in [0.5, 0.6) is 0 Å². The van der Waals surface area contributed by atoms with Gasteiger partial charge in [0.25, 0.3) is 0 Å². The number of fused-ring (bicyclic) bond motifs is 1. The molecule has 7 nitrogen and oxygen atoms in total. The monoisotopic (exact) mass is 291 g/mol. The second-order valence-corrected chi connectivity index (χ2v) is 5.79. The second-order valence-electron chi connectivity index (χ2n) is 5.79. The Hall–Kier alpha value is -1.73. The maximum Gasteiger partial charge on any atom is 0.182 e. The molecule has 2 atom stereocenters. The van der Waals surface area contributed by atoms with Crippen LogP contribution in [-0.4, -0.2) is 55.9 Å². The molecule has 0 radical (unpaired) electrons. The van der Waals surface area contributed by atoms with Crippen molar-refractivity contribution >= 4 is 17.0 Å². The maximum absolute atomic E-state index is 10.3. The Morgan fingerprint density at radius 1 is 1.43 bits per heavy atom. The molecule has 1 fully saturated rings. The smallest absolute Gasteiger partial charge is 0.182 e. The third-order valence-corrected chi connectivity index (χ3v) is 4.45. The zero-order valence-corrected chi connectivity index (χ0v) is 12.2. The van der Waals surface area contributed by atoms with E-state index in [1.807, 2.05) is 0 Å². The first kappa shape index (κ1) is 14.2. The molecule has 0 spiro atoms. The zero-order valence-electron chi connectivity index (χ0n) is 12.2. The molecule has 0 aromatic carbocycles. The third kappa shape index (κ3) is 2.36. The molecule has 0 bridgehead atoms. The van der Waals surface area contributed by atoms with E-state index >= 15 is 0 Å². The average Bonchev–Trinajstić information content (AvgIpc) is 2.98. The van der Waals surface area contributed by atoms with Gasteiger partial charge in [0.2, 0.25) is 0 Å². The highest BCUT2D eigenvalue weighted by molar-refractivity contribution is 5.82. The number of piperidine rings is 1. The van der Waals surface area contributed by atoms with E-state index in [-0.39, 0.29) is 6.61 Å². The van der Waals surface area contributed by atoms with E-state index in [0.29, 0.717) is 25.2 Å². The molecule has 2 aromatic heterocycles. The molecule has 1 saturated heterocycles. The highest BCUT2D eigenvalue weighted by Gasteiger charge is 2.42. The normalized spacial score (nSPS) is 26.4. The number of aromatic nitrogens is 4. The van der Waals surface area contributed by atoms with Gasteiger partial charge in [-0.2, -0.15) is 0 Å². The number of hydrogen-bond acceptors (Lipinski definition) is 6. The van der Waals surface area contributed by atoms with E-state index < -0.39 is 11.5 Å². The highest BCUT2D eigenvalue weighted by atomic mass is 16.3. The van der Waals surface area contributed by atoms with Crippen LogP contribution in [0.4, 0.5) is 5.82 Å². The Kier molecular flexibility index (Phi) is 3.77. The molecule has 3 heterocycles. The lowest BCUT2D eigenvalue weighted by Crippen LogP contribution is -2.54. The number of nitrogens with zero attached hydrogens (tertiary/aromatic N) is 4. The molecular formula is C14H21N5O2.